The Kier molecular flexibility index (Phi) is 24.9. The molecule has 0 radical (unpaired) electrons. The average Bonchev–Trinajstić information content (AvgIpc) is 2.87. The Morgan fingerprint density at radius 2 is 1.13 bits per heavy atom. The third-order valence-corrected chi connectivity index (χ3v) is 6.34. The maximum absolute atomic E-state index is 12.1. The molecule has 0 aliphatic heterocycles. The first-order valence-corrected chi connectivity index (χ1v) is 14.4. The molecular formula is C28H52N2O8. The molecule has 0 fully saturated rings. The predicted molar refractivity (Wildman–Crippen MR) is 146 cm³/mol. The summed E-state index contributed by atoms with van der Waals surface area (Å²) in [4.78, 5) is 45.9. The number of unbranched alkanes of at least 4 members (excludes halogenated alkanes) is 13. The fourth-order valence-electron chi connectivity index (χ4n) is 4.08. The lowest BCUT2D eigenvalue weighted by Crippen LogP contribution is -2.41. The summed E-state index contributed by atoms with van der Waals surface area (Å²) >= 11 is 0. The van der Waals surface area contributed by atoms with Gasteiger partial charge in [0, 0.05) is 32.9 Å². The van der Waals surface area contributed by atoms with E-state index in [0.29, 0.717) is 32.8 Å². The molecule has 1 atom stereocenters. The first kappa shape index (κ1) is 35.8. The van der Waals surface area contributed by atoms with Gasteiger partial charge in [-0.3, -0.25) is 14.4 Å². The van der Waals surface area contributed by atoms with Crippen LogP contribution in [-0.4, -0.2) is 73.5 Å². The molecule has 222 valence electrons. The van der Waals surface area contributed by atoms with Crippen LogP contribution in [0.4, 0.5) is 0 Å². The molecule has 38 heavy (non-hydrogen) atoms. The largest absolute Gasteiger partial charge is 0.481 e. The van der Waals surface area contributed by atoms with Crippen LogP contribution in [0.1, 0.15) is 116 Å². The minimum absolute atomic E-state index is 0.0178. The molecule has 1 unspecified atom stereocenters. The molecular weight excluding hydrogens is 492 g/mol. The van der Waals surface area contributed by atoms with Gasteiger partial charge >= 0.3 is 11.9 Å². The summed E-state index contributed by atoms with van der Waals surface area (Å²) in [6.07, 6.45) is 16.1. The van der Waals surface area contributed by atoms with Crippen molar-refractivity contribution in [3.05, 3.63) is 0 Å². The van der Waals surface area contributed by atoms with Gasteiger partial charge in [0.2, 0.25) is 11.8 Å². The Bertz CT molecular complexity index is 630. The van der Waals surface area contributed by atoms with Crippen molar-refractivity contribution in [1.82, 2.24) is 10.6 Å². The maximum Gasteiger partial charge on any atom is 0.326 e. The number of amides is 2. The Balaban J connectivity index is 3.63. The average molecular weight is 545 g/mol. The van der Waals surface area contributed by atoms with Gasteiger partial charge in [-0.25, -0.2) is 4.79 Å². The highest BCUT2D eigenvalue weighted by molar-refractivity contribution is 5.84. The molecule has 0 heterocycles. The summed E-state index contributed by atoms with van der Waals surface area (Å²) in [6, 6.07) is -1.07. The summed E-state index contributed by atoms with van der Waals surface area (Å²) < 4.78 is 10.1. The van der Waals surface area contributed by atoms with Gasteiger partial charge in [0.15, 0.2) is 0 Å². The Hall–Kier alpha value is -2.20. The molecule has 0 aromatic carbocycles. The number of hydrogen-bond donors (Lipinski definition) is 4. The van der Waals surface area contributed by atoms with E-state index in [0.717, 1.165) is 44.9 Å². The Morgan fingerprint density at radius 3 is 1.61 bits per heavy atom. The lowest BCUT2D eigenvalue weighted by atomic mass is 10.0. The summed E-state index contributed by atoms with van der Waals surface area (Å²) in [5, 5.41) is 23.2. The number of nitrogens with one attached hydrogen (secondary N) is 2. The predicted octanol–water partition coefficient (Wildman–Crippen LogP) is 4.44. The van der Waals surface area contributed by atoms with Crippen LogP contribution in [0.3, 0.4) is 0 Å². The van der Waals surface area contributed by atoms with E-state index < -0.39 is 18.0 Å². The zero-order valence-electron chi connectivity index (χ0n) is 23.5. The number of carboxylic acids is 2. The fraction of sp³-hybridized carbons (Fsp3) is 0.857. The van der Waals surface area contributed by atoms with E-state index in [1.807, 2.05) is 0 Å². The van der Waals surface area contributed by atoms with Crippen molar-refractivity contribution in [2.75, 3.05) is 33.5 Å². The van der Waals surface area contributed by atoms with Crippen molar-refractivity contribution in [3.8, 4) is 0 Å². The fourth-order valence-corrected chi connectivity index (χ4v) is 4.08. The van der Waals surface area contributed by atoms with Gasteiger partial charge in [0.05, 0.1) is 19.8 Å². The van der Waals surface area contributed by atoms with Crippen molar-refractivity contribution >= 4 is 23.8 Å². The second kappa shape index (κ2) is 26.4. The lowest BCUT2D eigenvalue weighted by Gasteiger charge is -2.14. The minimum atomic E-state index is -1.13. The van der Waals surface area contributed by atoms with Gasteiger partial charge in [0.25, 0.3) is 0 Å². The van der Waals surface area contributed by atoms with Crippen LogP contribution < -0.4 is 10.6 Å². The number of hydrogen-bond acceptors (Lipinski definition) is 6. The van der Waals surface area contributed by atoms with Crippen molar-refractivity contribution in [2.24, 2.45) is 0 Å². The monoisotopic (exact) mass is 544 g/mol. The van der Waals surface area contributed by atoms with Gasteiger partial charge < -0.3 is 30.3 Å². The van der Waals surface area contributed by atoms with E-state index in [-0.39, 0.29) is 31.1 Å². The van der Waals surface area contributed by atoms with Crippen molar-refractivity contribution in [3.63, 3.8) is 0 Å². The number of aliphatic carboxylic acids is 2. The number of methoxy groups -OCH3 is 1. The van der Waals surface area contributed by atoms with Crippen LogP contribution in [0.5, 0.6) is 0 Å². The minimum Gasteiger partial charge on any atom is -0.481 e. The summed E-state index contributed by atoms with van der Waals surface area (Å²) in [5.41, 5.74) is 0. The van der Waals surface area contributed by atoms with E-state index in [1.165, 1.54) is 44.9 Å². The third-order valence-electron chi connectivity index (χ3n) is 6.34. The highest BCUT2D eigenvalue weighted by atomic mass is 16.5. The standard InChI is InChI=1S/C28H52N2O8/c1-37-22-23-38-21-20-29-25(31)19-18-24(28(35)36)30-26(32)16-14-12-10-8-6-4-2-3-5-7-9-11-13-15-17-27(33)34/h24H,2-23H2,1H3,(H,29,31)(H,30,32)(H,33,34)(H,35,36). The normalized spacial score (nSPS) is 11.7. The Morgan fingerprint density at radius 1 is 0.632 bits per heavy atom. The van der Waals surface area contributed by atoms with Crippen molar-refractivity contribution < 1.29 is 38.9 Å². The molecule has 10 heteroatoms. The first-order valence-electron chi connectivity index (χ1n) is 14.4. The van der Waals surface area contributed by atoms with Crippen LogP contribution in [-0.2, 0) is 28.7 Å². The second-order valence-corrected chi connectivity index (χ2v) is 9.80. The Labute approximate surface area is 228 Å². The molecule has 0 spiro atoms. The van der Waals surface area contributed by atoms with Crippen LogP contribution in [0.25, 0.3) is 0 Å². The smallest absolute Gasteiger partial charge is 0.326 e. The van der Waals surface area contributed by atoms with Crippen molar-refractivity contribution in [1.29, 1.82) is 0 Å². The van der Waals surface area contributed by atoms with Crippen LogP contribution in [0, 0.1) is 0 Å². The van der Waals surface area contributed by atoms with Crippen LogP contribution in [0.2, 0.25) is 0 Å². The van der Waals surface area contributed by atoms with Gasteiger partial charge in [-0.1, -0.05) is 77.0 Å². The summed E-state index contributed by atoms with van der Waals surface area (Å²) in [7, 11) is 1.58. The van der Waals surface area contributed by atoms with Gasteiger partial charge in [-0.15, -0.1) is 0 Å². The number of rotatable bonds is 28. The molecule has 0 rings (SSSR count). The molecule has 0 saturated heterocycles. The SMILES string of the molecule is COCCOCCNC(=O)CCC(NC(=O)CCCCCCCCCCCCCCCCC(=O)O)C(=O)O. The van der Waals surface area contributed by atoms with E-state index in [2.05, 4.69) is 10.6 Å². The molecule has 0 saturated carbocycles. The zero-order valence-corrected chi connectivity index (χ0v) is 23.5. The molecule has 10 nitrogen and oxygen atoms in total. The lowest BCUT2D eigenvalue weighted by molar-refractivity contribution is -0.142. The van der Waals surface area contributed by atoms with E-state index in [9.17, 15) is 24.3 Å². The van der Waals surface area contributed by atoms with E-state index in [4.69, 9.17) is 14.6 Å². The first-order chi connectivity index (χ1) is 18.4. The number of carbonyl (C=O) groups excluding carboxylic acids is 2. The molecule has 0 aliphatic carbocycles. The molecule has 0 aromatic rings. The summed E-state index contributed by atoms with van der Waals surface area (Å²) in [6.45, 7) is 1.62. The number of carbonyl (C=O) groups is 4. The highest BCUT2D eigenvalue weighted by Gasteiger charge is 2.20. The molecule has 0 aromatic heterocycles. The summed E-state index contributed by atoms with van der Waals surface area (Å²) in [5.74, 6) is -2.39. The topological polar surface area (TPSA) is 151 Å². The highest BCUT2D eigenvalue weighted by Crippen LogP contribution is 2.14. The number of ether oxygens (including phenoxy) is 2. The van der Waals surface area contributed by atoms with Crippen LogP contribution >= 0.6 is 0 Å². The van der Waals surface area contributed by atoms with Gasteiger partial charge in [0.1, 0.15) is 6.04 Å². The maximum atomic E-state index is 12.1. The quantitative estimate of drug-likeness (QED) is 0.106. The molecule has 2 amide bonds. The molecule has 4 N–H and O–H groups in total. The third kappa shape index (κ3) is 25.4. The number of carboxylic acid groups (broad SMARTS) is 2. The second-order valence-electron chi connectivity index (χ2n) is 9.80. The van der Waals surface area contributed by atoms with Crippen molar-refractivity contribution in [2.45, 2.75) is 122 Å². The van der Waals surface area contributed by atoms with Crippen LogP contribution in [0.15, 0.2) is 0 Å². The molecule has 0 bridgehead atoms. The van der Waals surface area contributed by atoms with Gasteiger partial charge in [-0.05, 0) is 19.3 Å². The van der Waals surface area contributed by atoms with E-state index in [1.54, 1.807) is 7.11 Å². The van der Waals surface area contributed by atoms with Gasteiger partial charge in [-0.2, -0.15) is 0 Å². The van der Waals surface area contributed by atoms with E-state index >= 15 is 0 Å². The zero-order chi connectivity index (χ0) is 28.3. The molecule has 0 aliphatic rings.